The normalized spacial score (nSPS) is 16.3. The minimum atomic E-state index is -3.87. The van der Waals surface area contributed by atoms with Crippen LogP contribution in [0.4, 0.5) is 0 Å². The van der Waals surface area contributed by atoms with E-state index < -0.39 is 21.5 Å². The third-order valence-corrected chi connectivity index (χ3v) is 4.76. The Morgan fingerprint density at radius 2 is 2.17 bits per heavy atom. The number of fused-ring (bicyclic) bond motifs is 1. The average molecular weight is 335 g/mol. The Labute approximate surface area is 132 Å². The molecule has 3 rings (SSSR count). The fraction of sp³-hybridized carbons (Fsp3) is 0.333. The van der Waals surface area contributed by atoms with Crippen LogP contribution in [0.25, 0.3) is 11.2 Å². The first-order valence-corrected chi connectivity index (χ1v) is 8.19. The van der Waals surface area contributed by atoms with Crippen molar-refractivity contribution < 1.29 is 26.5 Å². The monoisotopic (exact) mass is 335 g/mol. The Bertz CT molecular complexity index is 974. The summed E-state index contributed by atoms with van der Waals surface area (Å²) in [6.07, 6.45) is 1.99. The number of hydrogen-bond donors (Lipinski definition) is 0. The van der Waals surface area contributed by atoms with Crippen LogP contribution in [0.2, 0.25) is 0 Å². The van der Waals surface area contributed by atoms with Crippen molar-refractivity contribution in [3.63, 3.8) is 0 Å². The number of furan rings is 2. The molecule has 2 bridgehead atoms. The number of carbonyl (C=O) groups excluding carboxylic acids is 1. The minimum Gasteiger partial charge on any atom is -0.448 e. The van der Waals surface area contributed by atoms with E-state index in [1.807, 2.05) is 0 Å². The second kappa shape index (κ2) is 4.73. The van der Waals surface area contributed by atoms with E-state index in [-0.39, 0.29) is 27.6 Å². The van der Waals surface area contributed by atoms with E-state index in [2.05, 4.69) is 6.07 Å². The second-order valence-corrected chi connectivity index (χ2v) is 7.49. The molecule has 1 aliphatic rings. The van der Waals surface area contributed by atoms with Gasteiger partial charge in [-0.3, -0.25) is 0 Å². The van der Waals surface area contributed by atoms with E-state index in [0.29, 0.717) is 12.0 Å². The zero-order chi connectivity index (χ0) is 17.0. The lowest BCUT2D eigenvalue weighted by Gasteiger charge is -2.12. The summed E-state index contributed by atoms with van der Waals surface area (Å²) in [5.74, 6) is -0.786. The predicted molar refractivity (Wildman–Crippen MR) is 78.6 cm³/mol. The van der Waals surface area contributed by atoms with Gasteiger partial charge in [0.15, 0.2) is 16.1 Å². The minimum absolute atomic E-state index is 0.0397. The van der Waals surface area contributed by atoms with Gasteiger partial charge >= 0.3 is 16.1 Å². The maximum atomic E-state index is 12.1. The third-order valence-electron chi connectivity index (χ3n) is 3.53. The molecule has 120 valence electrons. The summed E-state index contributed by atoms with van der Waals surface area (Å²) in [6, 6.07) is 3.40. The molecule has 0 unspecified atom stereocenters. The van der Waals surface area contributed by atoms with E-state index in [4.69, 9.17) is 18.6 Å². The van der Waals surface area contributed by atoms with Gasteiger partial charge in [-0.1, -0.05) is 6.08 Å². The Kier molecular flexibility index (Phi) is 3.16. The molecule has 1 aliphatic heterocycles. The Morgan fingerprint density at radius 1 is 1.48 bits per heavy atom. The molecule has 0 fully saturated rings. The standard InChI is InChI=1S/C15H13NO6S/c1-8(4-5-15(2,3)7-16)14(17)21-11-9-6-10-12(20-9)13(11)22-23(10,18)19/h4,6H,5H2,1-3H3/b8-4+. The van der Waals surface area contributed by atoms with E-state index in [0.717, 1.165) is 0 Å². The van der Waals surface area contributed by atoms with E-state index in [1.165, 1.54) is 6.07 Å². The van der Waals surface area contributed by atoms with Crippen molar-refractivity contribution in [2.24, 2.45) is 5.41 Å². The summed E-state index contributed by atoms with van der Waals surface area (Å²) in [5.41, 5.74) is -0.0800. The second-order valence-electron chi connectivity index (χ2n) is 5.98. The smallest absolute Gasteiger partial charge is 0.343 e. The Morgan fingerprint density at radius 3 is 2.83 bits per heavy atom. The van der Waals surface area contributed by atoms with Crippen LogP contribution >= 0.6 is 0 Å². The number of esters is 1. The molecule has 0 atom stereocenters. The molecule has 7 nitrogen and oxygen atoms in total. The van der Waals surface area contributed by atoms with Gasteiger partial charge in [0, 0.05) is 11.6 Å². The van der Waals surface area contributed by atoms with E-state index in [9.17, 15) is 13.2 Å². The maximum Gasteiger partial charge on any atom is 0.343 e. The van der Waals surface area contributed by atoms with Gasteiger partial charge in [0.1, 0.15) is 0 Å². The lowest BCUT2D eigenvalue weighted by Crippen LogP contribution is -2.12. The van der Waals surface area contributed by atoms with Gasteiger partial charge < -0.3 is 13.3 Å². The van der Waals surface area contributed by atoms with Crippen LogP contribution in [-0.4, -0.2) is 14.4 Å². The highest BCUT2D eigenvalue weighted by atomic mass is 32.2. The molecular formula is C15H13NO6S. The summed E-state index contributed by atoms with van der Waals surface area (Å²) < 4.78 is 38.6. The van der Waals surface area contributed by atoms with Gasteiger partial charge in [-0.25, -0.2) is 4.79 Å². The van der Waals surface area contributed by atoms with Crippen LogP contribution in [0.15, 0.2) is 27.0 Å². The quantitative estimate of drug-likeness (QED) is 0.366. The fourth-order valence-electron chi connectivity index (χ4n) is 2.08. The summed E-state index contributed by atoms with van der Waals surface area (Å²) >= 11 is 0. The molecule has 0 amide bonds. The van der Waals surface area contributed by atoms with Gasteiger partial charge in [-0.05, 0) is 27.2 Å². The number of benzene rings is 1. The van der Waals surface area contributed by atoms with Crippen LogP contribution < -0.4 is 8.92 Å². The van der Waals surface area contributed by atoms with E-state index >= 15 is 0 Å². The molecule has 0 spiro atoms. The Hall–Kier alpha value is -2.53. The van der Waals surface area contributed by atoms with E-state index in [1.54, 1.807) is 26.8 Å². The molecule has 2 aromatic rings. The average Bonchev–Trinajstić information content (AvgIpc) is 3.09. The third kappa shape index (κ3) is 2.43. The highest BCUT2D eigenvalue weighted by Gasteiger charge is 2.41. The van der Waals surface area contributed by atoms with Crippen molar-refractivity contribution in [3.05, 3.63) is 17.7 Å². The van der Waals surface area contributed by atoms with Crippen LogP contribution in [0.1, 0.15) is 27.2 Å². The van der Waals surface area contributed by atoms with Gasteiger partial charge in [-0.2, -0.15) is 13.7 Å². The van der Waals surface area contributed by atoms with Crippen molar-refractivity contribution in [1.29, 1.82) is 5.26 Å². The SMILES string of the molecule is C/C(=C\CC(C)(C)C#N)C(=O)Oc1c2c3oc1cc3S(=O)(=O)O2. The fourth-order valence-corrected chi connectivity index (χ4v) is 3.16. The molecule has 0 aliphatic carbocycles. The molecule has 0 radical (unpaired) electrons. The summed E-state index contributed by atoms with van der Waals surface area (Å²) in [6.45, 7) is 5.07. The molecular weight excluding hydrogens is 322 g/mol. The van der Waals surface area contributed by atoms with Gasteiger partial charge in [-0.15, -0.1) is 0 Å². The number of nitriles is 1. The number of rotatable bonds is 4. The molecule has 0 saturated carbocycles. The molecule has 8 heteroatoms. The topological polar surface area (TPSA) is 107 Å². The van der Waals surface area contributed by atoms with Crippen molar-refractivity contribution in [3.8, 4) is 17.6 Å². The molecule has 0 aromatic carbocycles. The Balaban J connectivity index is 1.81. The summed E-state index contributed by atoms with van der Waals surface area (Å²) in [7, 11) is -3.87. The zero-order valence-electron chi connectivity index (χ0n) is 12.7. The maximum absolute atomic E-state index is 12.1. The number of carbonyl (C=O) groups is 1. The number of ether oxygens (including phenoxy) is 1. The predicted octanol–water partition coefficient (Wildman–Crippen LogP) is 2.74. The number of allylic oxidation sites excluding steroid dienone is 1. The van der Waals surface area contributed by atoms with Crippen LogP contribution in [0.3, 0.4) is 0 Å². The van der Waals surface area contributed by atoms with Crippen molar-refractivity contribution in [1.82, 2.24) is 0 Å². The lowest BCUT2D eigenvalue weighted by molar-refractivity contribution is -0.130. The number of nitrogens with zero attached hydrogens (tertiary/aromatic N) is 1. The highest BCUT2D eigenvalue weighted by Crippen LogP contribution is 2.52. The van der Waals surface area contributed by atoms with Gasteiger partial charge in [0.2, 0.25) is 11.5 Å². The molecule has 23 heavy (non-hydrogen) atoms. The first-order valence-electron chi connectivity index (χ1n) is 6.78. The lowest BCUT2D eigenvalue weighted by atomic mass is 9.90. The zero-order valence-corrected chi connectivity index (χ0v) is 13.5. The van der Waals surface area contributed by atoms with Crippen LogP contribution in [0, 0.1) is 16.7 Å². The van der Waals surface area contributed by atoms with Crippen LogP contribution in [-0.2, 0) is 14.9 Å². The molecule has 2 aromatic heterocycles. The van der Waals surface area contributed by atoms with Gasteiger partial charge in [0.25, 0.3) is 0 Å². The van der Waals surface area contributed by atoms with Crippen LogP contribution in [0.5, 0.6) is 11.5 Å². The summed E-state index contributed by atoms with van der Waals surface area (Å²) in [5, 5.41) is 8.96. The molecule has 3 heterocycles. The molecule has 0 N–H and O–H groups in total. The van der Waals surface area contributed by atoms with Crippen molar-refractivity contribution in [2.45, 2.75) is 32.1 Å². The molecule has 0 saturated heterocycles. The highest BCUT2D eigenvalue weighted by molar-refractivity contribution is 7.87. The number of hydrogen-bond acceptors (Lipinski definition) is 7. The van der Waals surface area contributed by atoms with Crippen molar-refractivity contribution in [2.75, 3.05) is 0 Å². The van der Waals surface area contributed by atoms with Crippen molar-refractivity contribution >= 4 is 27.3 Å². The summed E-state index contributed by atoms with van der Waals surface area (Å²) in [4.78, 5) is 12.1. The first kappa shape index (κ1) is 15.4. The van der Waals surface area contributed by atoms with Gasteiger partial charge in [0.05, 0.1) is 11.5 Å². The largest absolute Gasteiger partial charge is 0.448 e. The first-order chi connectivity index (χ1) is 10.6.